The molecule has 110 valence electrons. The average molecular weight is 297 g/mol. The lowest BCUT2D eigenvalue weighted by atomic mass is 10.2. The van der Waals surface area contributed by atoms with Crippen molar-refractivity contribution in [3.8, 4) is 5.75 Å². The van der Waals surface area contributed by atoms with Crippen LogP contribution in [0, 0.1) is 0 Å². The molecule has 4 nitrogen and oxygen atoms in total. The van der Waals surface area contributed by atoms with Gasteiger partial charge in [0.05, 0.1) is 5.56 Å². The van der Waals surface area contributed by atoms with Gasteiger partial charge in [0.2, 0.25) is 0 Å². The van der Waals surface area contributed by atoms with Gasteiger partial charge in [-0.05, 0) is 18.2 Å². The van der Waals surface area contributed by atoms with E-state index in [4.69, 9.17) is 9.84 Å². The van der Waals surface area contributed by atoms with Gasteiger partial charge >= 0.3 is 12.1 Å². The monoisotopic (exact) mass is 297 g/mol. The number of carbonyl (C=O) groups is 1. The molecule has 0 saturated heterocycles. The zero-order valence-corrected chi connectivity index (χ0v) is 10.6. The summed E-state index contributed by atoms with van der Waals surface area (Å²) in [6, 6.07) is 7.66. The van der Waals surface area contributed by atoms with Crippen molar-refractivity contribution in [3.05, 3.63) is 59.4 Å². The molecule has 0 radical (unpaired) electrons. The molecule has 2 aromatic rings. The minimum atomic E-state index is -4.54. The Morgan fingerprint density at radius 3 is 2.57 bits per heavy atom. The van der Waals surface area contributed by atoms with Gasteiger partial charge in [-0.25, -0.2) is 9.78 Å². The summed E-state index contributed by atoms with van der Waals surface area (Å²) in [7, 11) is 0. The standard InChI is InChI=1S/C14H10F3NO3/c15-14(16,17)10-5-1-2-6-11(10)21-8-9-4-3-7-18-12(9)13(19)20/h1-7H,8H2,(H,19,20). The molecule has 0 spiro atoms. The van der Waals surface area contributed by atoms with Crippen LogP contribution in [0.15, 0.2) is 42.6 Å². The molecule has 1 aromatic carbocycles. The summed E-state index contributed by atoms with van der Waals surface area (Å²) in [5.74, 6) is -1.62. The lowest BCUT2D eigenvalue weighted by molar-refractivity contribution is -0.139. The Balaban J connectivity index is 2.24. The highest BCUT2D eigenvalue weighted by atomic mass is 19.4. The number of ether oxygens (including phenoxy) is 1. The van der Waals surface area contributed by atoms with Crippen LogP contribution in [0.25, 0.3) is 0 Å². The first kappa shape index (κ1) is 14.8. The van der Waals surface area contributed by atoms with Crippen molar-refractivity contribution >= 4 is 5.97 Å². The lowest BCUT2D eigenvalue weighted by Crippen LogP contribution is -2.11. The molecule has 0 amide bonds. The highest BCUT2D eigenvalue weighted by molar-refractivity contribution is 5.86. The van der Waals surface area contributed by atoms with Gasteiger partial charge in [0.1, 0.15) is 12.4 Å². The first-order chi connectivity index (χ1) is 9.89. The van der Waals surface area contributed by atoms with Crippen molar-refractivity contribution in [1.29, 1.82) is 0 Å². The third-order valence-electron chi connectivity index (χ3n) is 2.67. The van der Waals surface area contributed by atoms with Crippen LogP contribution in [0.5, 0.6) is 5.75 Å². The van der Waals surface area contributed by atoms with Gasteiger partial charge in [-0.1, -0.05) is 18.2 Å². The maximum Gasteiger partial charge on any atom is 0.419 e. The normalized spacial score (nSPS) is 11.2. The largest absolute Gasteiger partial charge is 0.488 e. The van der Waals surface area contributed by atoms with Gasteiger partial charge in [-0.15, -0.1) is 0 Å². The van der Waals surface area contributed by atoms with E-state index in [9.17, 15) is 18.0 Å². The van der Waals surface area contributed by atoms with Gasteiger partial charge in [0.15, 0.2) is 5.69 Å². The van der Waals surface area contributed by atoms with E-state index in [-0.39, 0.29) is 23.6 Å². The Bertz CT molecular complexity index is 656. The highest BCUT2D eigenvalue weighted by Crippen LogP contribution is 2.36. The van der Waals surface area contributed by atoms with E-state index in [0.717, 1.165) is 6.07 Å². The number of halogens is 3. The van der Waals surface area contributed by atoms with Crippen molar-refractivity contribution in [3.63, 3.8) is 0 Å². The summed E-state index contributed by atoms with van der Waals surface area (Å²) < 4.78 is 43.5. The van der Waals surface area contributed by atoms with Gasteiger partial charge in [-0.3, -0.25) is 0 Å². The summed E-state index contributed by atoms with van der Waals surface area (Å²) in [4.78, 5) is 14.6. The van der Waals surface area contributed by atoms with E-state index < -0.39 is 17.7 Å². The topological polar surface area (TPSA) is 59.4 Å². The number of rotatable bonds is 4. The van der Waals surface area contributed by atoms with Crippen LogP contribution in [0.3, 0.4) is 0 Å². The Labute approximate surface area is 117 Å². The fraction of sp³-hybridized carbons (Fsp3) is 0.143. The predicted octanol–water partition coefficient (Wildman–Crippen LogP) is 3.38. The number of alkyl halides is 3. The molecule has 0 atom stereocenters. The zero-order valence-electron chi connectivity index (χ0n) is 10.6. The van der Waals surface area contributed by atoms with Gasteiger partial charge in [-0.2, -0.15) is 13.2 Å². The molecule has 0 aliphatic rings. The number of aromatic carboxylic acids is 1. The average Bonchev–Trinajstić information content (AvgIpc) is 2.44. The van der Waals surface area contributed by atoms with Crippen LogP contribution in [0.1, 0.15) is 21.6 Å². The molecule has 0 bridgehead atoms. The zero-order chi connectivity index (χ0) is 15.5. The number of aromatic nitrogens is 1. The first-order valence-electron chi connectivity index (χ1n) is 5.86. The smallest absolute Gasteiger partial charge is 0.419 e. The highest BCUT2D eigenvalue weighted by Gasteiger charge is 2.34. The van der Waals surface area contributed by atoms with Crippen molar-refractivity contribution in [2.24, 2.45) is 0 Å². The van der Waals surface area contributed by atoms with E-state index in [1.165, 1.54) is 36.5 Å². The molecular formula is C14H10F3NO3. The molecule has 1 N–H and O–H groups in total. The first-order valence-corrected chi connectivity index (χ1v) is 5.86. The number of carboxylic acids is 1. The molecule has 1 aromatic heterocycles. The van der Waals surface area contributed by atoms with Gasteiger partial charge in [0, 0.05) is 11.8 Å². The number of hydrogen-bond acceptors (Lipinski definition) is 3. The predicted molar refractivity (Wildman–Crippen MR) is 67.0 cm³/mol. The molecule has 0 aliphatic heterocycles. The quantitative estimate of drug-likeness (QED) is 0.940. The van der Waals surface area contributed by atoms with Crippen molar-refractivity contribution < 1.29 is 27.8 Å². The second kappa shape index (κ2) is 5.82. The Morgan fingerprint density at radius 2 is 1.90 bits per heavy atom. The number of nitrogens with zero attached hydrogens (tertiary/aromatic N) is 1. The third-order valence-corrected chi connectivity index (χ3v) is 2.67. The van der Waals surface area contributed by atoms with E-state index in [2.05, 4.69) is 4.98 Å². The Morgan fingerprint density at radius 1 is 1.19 bits per heavy atom. The minimum Gasteiger partial charge on any atom is -0.488 e. The fourth-order valence-corrected chi connectivity index (χ4v) is 1.73. The van der Waals surface area contributed by atoms with Crippen molar-refractivity contribution in [1.82, 2.24) is 4.98 Å². The molecule has 2 rings (SSSR count). The summed E-state index contributed by atoms with van der Waals surface area (Å²) >= 11 is 0. The van der Waals surface area contributed by atoms with Crippen LogP contribution in [-0.4, -0.2) is 16.1 Å². The minimum absolute atomic E-state index is 0.196. The van der Waals surface area contributed by atoms with Crippen LogP contribution < -0.4 is 4.74 Å². The van der Waals surface area contributed by atoms with Crippen molar-refractivity contribution in [2.75, 3.05) is 0 Å². The molecular weight excluding hydrogens is 287 g/mol. The van der Waals surface area contributed by atoms with Crippen LogP contribution in [0.4, 0.5) is 13.2 Å². The Kier molecular flexibility index (Phi) is 4.11. The SMILES string of the molecule is O=C(O)c1ncccc1COc1ccccc1C(F)(F)F. The molecule has 21 heavy (non-hydrogen) atoms. The number of hydrogen-bond donors (Lipinski definition) is 1. The molecule has 7 heteroatoms. The van der Waals surface area contributed by atoms with E-state index in [0.29, 0.717) is 0 Å². The Hall–Kier alpha value is -2.57. The maximum atomic E-state index is 12.8. The summed E-state index contributed by atoms with van der Waals surface area (Å²) in [6.45, 7) is -0.317. The number of carboxylic acid groups (broad SMARTS) is 1. The third kappa shape index (κ3) is 3.50. The molecule has 1 heterocycles. The van der Waals surface area contributed by atoms with E-state index >= 15 is 0 Å². The molecule has 0 aliphatic carbocycles. The maximum absolute atomic E-state index is 12.8. The summed E-state index contributed by atoms with van der Waals surface area (Å²) in [5, 5.41) is 8.95. The second-order valence-corrected chi connectivity index (χ2v) is 4.10. The molecule has 0 saturated carbocycles. The number of benzene rings is 1. The van der Waals surface area contributed by atoms with E-state index in [1.807, 2.05) is 0 Å². The second-order valence-electron chi connectivity index (χ2n) is 4.10. The summed E-state index contributed by atoms with van der Waals surface area (Å²) in [5.41, 5.74) is -0.963. The van der Waals surface area contributed by atoms with Crippen LogP contribution in [0.2, 0.25) is 0 Å². The lowest BCUT2D eigenvalue weighted by Gasteiger charge is -2.14. The van der Waals surface area contributed by atoms with Crippen molar-refractivity contribution in [2.45, 2.75) is 12.8 Å². The summed E-state index contributed by atoms with van der Waals surface area (Å²) in [6.07, 6.45) is -3.25. The number of para-hydroxylation sites is 1. The number of pyridine rings is 1. The van der Waals surface area contributed by atoms with Crippen LogP contribution >= 0.6 is 0 Å². The fourth-order valence-electron chi connectivity index (χ4n) is 1.73. The van der Waals surface area contributed by atoms with E-state index in [1.54, 1.807) is 0 Å². The van der Waals surface area contributed by atoms with Gasteiger partial charge < -0.3 is 9.84 Å². The van der Waals surface area contributed by atoms with Crippen LogP contribution in [-0.2, 0) is 12.8 Å². The van der Waals surface area contributed by atoms with Gasteiger partial charge in [0.25, 0.3) is 0 Å². The molecule has 0 fully saturated rings. The molecule has 0 unspecified atom stereocenters.